The van der Waals surface area contributed by atoms with E-state index in [0.717, 1.165) is 36.3 Å². The first-order valence-corrected chi connectivity index (χ1v) is 13.5. The maximum atomic E-state index is 13.2. The van der Waals surface area contributed by atoms with Gasteiger partial charge in [-0.3, -0.25) is 10.1 Å². The molecule has 4 aromatic rings. The second kappa shape index (κ2) is 11.9. The molecule has 8 nitrogen and oxygen atoms in total. The summed E-state index contributed by atoms with van der Waals surface area (Å²) in [4.78, 5) is 34.2. The minimum Gasteiger partial charge on any atom is -0.331 e. The highest BCUT2D eigenvalue weighted by Gasteiger charge is 2.21. The van der Waals surface area contributed by atoms with Crippen molar-refractivity contribution in [2.24, 2.45) is 0 Å². The Balaban J connectivity index is 1.33. The van der Waals surface area contributed by atoms with Crippen LogP contribution in [0.15, 0.2) is 78.9 Å². The fraction of sp³-hybridized carbons (Fsp3) is 0.200. The molecule has 0 saturated carbocycles. The fourth-order valence-corrected chi connectivity index (χ4v) is 5.58. The molecular formula is C30H28N6O2S. The van der Waals surface area contributed by atoms with Crippen molar-refractivity contribution in [1.82, 2.24) is 15.2 Å². The van der Waals surface area contributed by atoms with Crippen LogP contribution in [0.2, 0.25) is 0 Å². The van der Waals surface area contributed by atoms with E-state index in [4.69, 9.17) is 5.26 Å². The van der Waals surface area contributed by atoms with Crippen LogP contribution in [0, 0.1) is 11.3 Å². The molecule has 3 amide bonds. The van der Waals surface area contributed by atoms with E-state index in [2.05, 4.69) is 39.0 Å². The lowest BCUT2D eigenvalue weighted by Crippen LogP contribution is -2.33. The van der Waals surface area contributed by atoms with Gasteiger partial charge in [-0.05, 0) is 61.0 Å². The van der Waals surface area contributed by atoms with E-state index in [0.29, 0.717) is 28.4 Å². The van der Waals surface area contributed by atoms with Crippen LogP contribution in [0.25, 0.3) is 0 Å². The minimum absolute atomic E-state index is 0.239. The number of aromatic nitrogens is 1. The number of anilines is 2. The number of nitrogens with zero attached hydrogens (tertiary/aromatic N) is 3. The Morgan fingerprint density at radius 2 is 1.85 bits per heavy atom. The van der Waals surface area contributed by atoms with Gasteiger partial charge in [-0.15, -0.1) is 11.3 Å². The highest BCUT2D eigenvalue weighted by molar-refractivity contribution is 7.15. The van der Waals surface area contributed by atoms with E-state index in [-0.39, 0.29) is 18.0 Å². The molecule has 3 N–H and O–H groups in total. The summed E-state index contributed by atoms with van der Waals surface area (Å²) < 4.78 is 0. The molecule has 1 unspecified atom stereocenters. The zero-order valence-corrected chi connectivity index (χ0v) is 22.3. The summed E-state index contributed by atoms with van der Waals surface area (Å²) in [7, 11) is 2.08. The SMILES string of the molecule is CN1CCc2nc(NC(=O)c3cccc(C(Cc4ccccc4)NC(=O)Nc4ccc(C#N)cc4)c3)sc2C1. The van der Waals surface area contributed by atoms with Gasteiger partial charge in [0.1, 0.15) is 0 Å². The van der Waals surface area contributed by atoms with Gasteiger partial charge in [0.2, 0.25) is 0 Å². The molecule has 1 aliphatic rings. The van der Waals surface area contributed by atoms with Gasteiger partial charge < -0.3 is 15.5 Å². The maximum Gasteiger partial charge on any atom is 0.319 e. The molecule has 196 valence electrons. The number of urea groups is 1. The van der Waals surface area contributed by atoms with E-state index >= 15 is 0 Å². The van der Waals surface area contributed by atoms with Gasteiger partial charge in [-0.2, -0.15) is 5.26 Å². The number of fused-ring (bicyclic) bond motifs is 1. The third kappa shape index (κ3) is 6.68. The Labute approximate surface area is 231 Å². The summed E-state index contributed by atoms with van der Waals surface area (Å²) >= 11 is 1.52. The van der Waals surface area contributed by atoms with Crippen LogP contribution >= 0.6 is 11.3 Å². The number of carbonyl (C=O) groups is 2. The molecule has 39 heavy (non-hydrogen) atoms. The van der Waals surface area contributed by atoms with Gasteiger partial charge in [-0.25, -0.2) is 9.78 Å². The zero-order chi connectivity index (χ0) is 27.2. The molecule has 9 heteroatoms. The molecule has 0 saturated heterocycles. The first kappa shape index (κ1) is 26.1. The molecule has 0 aliphatic carbocycles. The fourth-order valence-electron chi connectivity index (χ4n) is 4.50. The summed E-state index contributed by atoms with van der Waals surface area (Å²) in [5.74, 6) is -0.239. The molecule has 0 fully saturated rings. The third-order valence-electron chi connectivity index (χ3n) is 6.55. The number of nitriles is 1. The van der Waals surface area contributed by atoms with Gasteiger partial charge in [0, 0.05) is 35.6 Å². The summed E-state index contributed by atoms with van der Waals surface area (Å²) in [5, 5.41) is 18.4. The first-order chi connectivity index (χ1) is 19.0. The van der Waals surface area contributed by atoms with Crippen LogP contribution in [0.1, 0.15) is 43.7 Å². The molecular weight excluding hydrogens is 508 g/mol. The van der Waals surface area contributed by atoms with Crippen molar-refractivity contribution in [3.8, 4) is 6.07 Å². The van der Waals surface area contributed by atoms with Gasteiger partial charge in [0.25, 0.3) is 5.91 Å². The monoisotopic (exact) mass is 536 g/mol. The number of hydrogen-bond donors (Lipinski definition) is 3. The maximum absolute atomic E-state index is 13.2. The van der Waals surface area contributed by atoms with Gasteiger partial charge in [0.05, 0.1) is 23.4 Å². The van der Waals surface area contributed by atoms with E-state index in [9.17, 15) is 9.59 Å². The Morgan fingerprint density at radius 3 is 2.62 bits per heavy atom. The number of hydrogen-bond acceptors (Lipinski definition) is 6. The second-order valence-electron chi connectivity index (χ2n) is 9.49. The van der Waals surface area contributed by atoms with Crippen molar-refractivity contribution in [2.45, 2.75) is 25.4 Å². The minimum atomic E-state index is -0.388. The Hall–Kier alpha value is -4.52. The van der Waals surface area contributed by atoms with Crippen LogP contribution in [0.3, 0.4) is 0 Å². The topological polar surface area (TPSA) is 110 Å². The van der Waals surface area contributed by atoms with Crippen molar-refractivity contribution in [3.05, 3.63) is 112 Å². The first-order valence-electron chi connectivity index (χ1n) is 12.7. The lowest BCUT2D eigenvalue weighted by molar-refractivity contribution is 0.102. The summed E-state index contributed by atoms with van der Waals surface area (Å²) in [6.45, 7) is 1.80. The normalized spacial score (nSPS) is 13.5. The standard InChI is InChI=1S/C30H28N6O2S/c1-36-15-14-25-27(19-36)39-30(34-25)35-28(37)23-9-5-8-22(17-23)26(16-20-6-3-2-4-7-20)33-29(38)32-24-12-10-21(18-31)11-13-24/h2-13,17,26H,14-16,19H2,1H3,(H2,32,33,38)(H,34,35,37). The molecule has 5 rings (SSSR count). The summed E-state index contributed by atoms with van der Waals surface area (Å²) in [6.07, 6.45) is 1.42. The van der Waals surface area contributed by atoms with Crippen LogP contribution in [0.4, 0.5) is 15.6 Å². The lowest BCUT2D eigenvalue weighted by atomic mass is 9.97. The molecule has 2 heterocycles. The van der Waals surface area contributed by atoms with Gasteiger partial charge >= 0.3 is 6.03 Å². The molecule has 1 aliphatic heterocycles. The van der Waals surface area contributed by atoms with E-state index in [1.54, 1.807) is 30.3 Å². The molecule has 0 bridgehead atoms. The Morgan fingerprint density at radius 1 is 1.05 bits per heavy atom. The van der Waals surface area contributed by atoms with Gasteiger partial charge in [-0.1, -0.05) is 42.5 Å². The summed E-state index contributed by atoms with van der Waals surface area (Å²) in [5.41, 5.74) is 4.50. The van der Waals surface area contributed by atoms with Crippen molar-refractivity contribution < 1.29 is 9.59 Å². The molecule has 3 aromatic carbocycles. The van der Waals surface area contributed by atoms with Crippen molar-refractivity contribution >= 4 is 34.1 Å². The highest BCUT2D eigenvalue weighted by atomic mass is 32.1. The lowest BCUT2D eigenvalue weighted by Gasteiger charge is -2.20. The molecule has 0 radical (unpaired) electrons. The highest BCUT2D eigenvalue weighted by Crippen LogP contribution is 2.28. The smallest absolute Gasteiger partial charge is 0.319 e. The van der Waals surface area contributed by atoms with E-state index in [1.165, 1.54) is 16.2 Å². The molecule has 0 spiro atoms. The predicted molar refractivity (Wildman–Crippen MR) is 153 cm³/mol. The van der Waals surface area contributed by atoms with Crippen molar-refractivity contribution in [2.75, 3.05) is 24.2 Å². The number of likely N-dealkylation sites (N-methyl/N-ethyl adjacent to an activating group) is 1. The van der Waals surface area contributed by atoms with Crippen molar-refractivity contribution in [3.63, 3.8) is 0 Å². The van der Waals surface area contributed by atoms with Crippen LogP contribution in [0.5, 0.6) is 0 Å². The number of rotatable bonds is 7. The Bertz CT molecular complexity index is 1510. The number of nitrogens with one attached hydrogen (secondary N) is 3. The van der Waals surface area contributed by atoms with Crippen molar-refractivity contribution in [1.29, 1.82) is 5.26 Å². The average molecular weight is 537 g/mol. The van der Waals surface area contributed by atoms with Crippen LogP contribution < -0.4 is 16.0 Å². The van der Waals surface area contributed by atoms with E-state index < -0.39 is 0 Å². The quantitative estimate of drug-likeness (QED) is 0.295. The number of amides is 3. The largest absolute Gasteiger partial charge is 0.331 e. The van der Waals surface area contributed by atoms with Gasteiger partial charge in [0.15, 0.2) is 5.13 Å². The van der Waals surface area contributed by atoms with E-state index in [1.807, 2.05) is 48.5 Å². The summed E-state index contributed by atoms with van der Waals surface area (Å²) in [6, 6.07) is 25.1. The Kier molecular flexibility index (Phi) is 7.96. The average Bonchev–Trinajstić information content (AvgIpc) is 3.35. The third-order valence-corrected chi connectivity index (χ3v) is 7.55. The number of carbonyl (C=O) groups excluding carboxylic acids is 2. The zero-order valence-electron chi connectivity index (χ0n) is 21.5. The number of thiazole rings is 1. The molecule has 1 aromatic heterocycles. The second-order valence-corrected chi connectivity index (χ2v) is 10.6. The number of benzene rings is 3. The van der Waals surface area contributed by atoms with Crippen LogP contribution in [-0.4, -0.2) is 35.4 Å². The molecule has 1 atom stereocenters. The predicted octanol–water partition coefficient (Wildman–Crippen LogP) is 5.36. The van der Waals surface area contributed by atoms with Crippen LogP contribution in [-0.2, 0) is 19.4 Å².